The average molecular weight is 411 g/mol. The van der Waals surface area contributed by atoms with Crippen molar-refractivity contribution in [3.63, 3.8) is 0 Å². The number of carbonyl (C=O) groups excluding carboxylic acids is 3. The summed E-state index contributed by atoms with van der Waals surface area (Å²) >= 11 is 0. The highest BCUT2D eigenvalue weighted by Crippen LogP contribution is 2.18. The van der Waals surface area contributed by atoms with E-state index in [1.165, 1.54) is 0 Å². The van der Waals surface area contributed by atoms with Gasteiger partial charge in [-0.15, -0.1) is 0 Å². The molecule has 0 unspecified atom stereocenters. The molecule has 7 heteroatoms. The summed E-state index contributed by atoms with van der Waals surface area (Å²) in [6.07, 6.45) is 0. The molecule has 1 atom stereocenters. The fourth-order valence-corrected chi connectivity index (χ4v) is 2.99. The summed E-state index contributed by atoms with van der Waals surface area (Å²) in [5.41, 5.74) is 1.81. The van der Waals surface area contributed by atoms with Gasteiger partial charge in [-0.05, 0) is 45.5 Å². The molecule has 0 saturated heterocycles. The van der Waals surface area contributed by atoms with Gasteiger partial charge in [-0.2, -0.15) is 0 Å². The number of para-hydroxylation sites is 1. The number of hydrogen-bond donors (Lipinski definition) is 3. The molecule has 30 heavy (non-hydrogen) atoms. The third-order valence-corrected chi connectivity index (χ3v) is 4.37. The highest BCUT2D eigenvalue weighted by Gasteiger charge is 2.17. The van der Waals surface area contributed by atoms with E-state index in [1.807, 2.05) is 51.1 Å². The SMILES string of the molecule is CC(C)NC(=O)CN(C)CC(=O)Nc1ccccc1C(=O)N[C@@H](C)c1ccccc1. The zero-order chi connectivity index (χ0) is 22.1. The van der Waals surface area contributed by atoms with Gasteiger partial charge in [0.25, 0.3) is 5.91 Å². The Morgan fingerprint density at radius 2 is 1.43 bits per heavy atom. The number of likely N-dealkylation sites (N-methyl/N-ethyl adjacent to an activating group) is 1. The topological polar surface area (TPSA) is 90.5 Å². The molecule has 3 N–H and O–H groups in total. The summed E-state index contributed by atoms with van der Waals surface area (Å²) in [6.45, 7) is 5.81. The van der Waals surface area contributed by atoms with Crippen LogP contribution in [0, 0.1) is 0 Å². The van der Waals surface area contributed by atoms with E-state index in [0.717, 1.165) is 5.56 Å². The predicted octanol–water partition coefficient (Wildman–Crippen LogP) is 2.57. The quantitative estimate of drug-likeness (QED) is 0.593. The van der Waals surface area contributed by atoms with Crippen molar-refractivity contribution in [2.75, 3.05) is 25.5 Å². The number of carbonyl (C=O) groups is 3. The van der Waals surface area contributed by atoms with Gasteiger partial charge in [0.15, 0.2) is 0 Å². The molecule has 0 fully saturated rings. The summed E-state index contributed by atoms with van der Waals surface area (Å²) < 4.78 is 0. The fraction of sp³-hybridized carbons (Fsp3) is 0.348. The molecule has 0 radical (unpaired) electrons. The first-order valence-corrected chi connectivity index (χ1v) is 9.99. The molecule has 0 aliphatic heterocycles. The molecule has 0 bridgehead atoms. The van der Waals surface area contributed by atoms with Crippen LogP contribution in [0.1, 0.15) is 42.7 Å². The minimum Gasteiger partial charge on any atom is -0.353 e. The number of nitrogens with one attached hydrogen (secondary N) is 3. The van der Waals surface area contributed by atoms with E-state index in [1.54, 1.807) is 36.2 Å². The summed E-state index contributed by atoms with van der Waals surface area (Å²) in [7, 11) is 1.69. The Hall–Kier alpha value is -3.19. The van der Waals surface area contributed by atoms with Crippen LogP contribution in [0.25, 0.3) is 0 Å². The normalized spacial score (nSPS) is 11.8. The Morgan fingerprint density at radius 3 is 2.10 bits per heavy atom. The number of benzene rings is 2. The van der Waals surface area contributed by atoms with Crippen LogP contribution in [0.3, 0.4) is 0 Å². The smallest absolute Gasteiger partial charge is 0.253 e. The zero-order valence-electron chi connectivity index (χ0n) is 17.9. The highest BCUT2D eigenvalue weighted by molar-refractivity contribution is 6.04. The Bertz CT molecular complexity index is 868. The molecule has 0 aliphatic rings. The van der Waals surface area contributed by atoms with Crippen molar-refractivity contribution in [1.29, 1.82) is 0 Å². The molecule has 0 aromatic heterocycles. The number of amides is 3. The lowest BCUT2D eigenvalue weighted by Crippen LogP contribution is -2.41. The Morgan fingerprint density at radius 1 is 0.833 bits per heavy atom. The second-order valence-electron chi connectivity index (χ2n) is 7.59. The van der Waals surface area contributed by atoms with Gasteiger partial charge in [0.05, 0.1) is 30.4 Å². The van der Waals surface area contributed by atoms with E-state index in [9.17, 15) is 14.4 Å². The molecule has 160 valence electrons. The van der Waals surface area contributed by atoms with Crippen LogP contribution < -0.4 is 16.0 Å². The van der Waals surface area contributed by atoms with Crippen molar-refractivity contribution in [3.8, 4) is 0 Å². The van der Waals surface area contributed by atoms with Crippen LogP contribution >= 0.6 is 0 Å². The zero-order valence-corrected chi connectivity index (χ0v) is 17.9. The second kappa shape index (κ2) is 11.1. The van der Waals surface area contributed by atoms with E-state index in [4.69, 9.17) is 0 Å². The summed E-state index contributed by atoms with van der Waals surface area (Å²) in [4.78, 5) is 38.7. The van der Waals surface area contributed by atoms with Crippen molar-refractivity contribution >= 4 is 23.4 Å². The number of nitrogens with zero attached hydrogens (tertiary/aromatic N) is 1. The van der Waals surface area contributed by atoms with E-state index in [-0.39, 0.29) is 42.9 Å². The first kappa shape index (κ1) is 23.1. The molecule has 0 saturated carbocycles. The summed E-state index contributed by atoms with van der Waals surface area (Å²) in [5, 5.41) is 8.52. The third kappa shape index (κ3) is 7.33. The van der Waals surface area contributed by atoms with Crippen molar-refractivity contribution in [2.45, 2.75) is 32.9 Å². The van der Waals surface area contributed by atoms with Gasteiger partial charge >= 0.3 is 0 Å². The lowest BCUT2D eigenvalue weighted by molar-refractivity contribution is -0.123. The van der Waals surface area contributed by atoms with Crippen LogP contribution in [0.2, 0.25) is 0 Å². The van der Waals surface area contributed by atoms with Gasteiger partial charge in [0, 0.05) is 6.04 Å². The number of rotatable bonds is 9. The Kier molecular flexibility index (Phi) is 8.55. The molecule has 2 aromatic rings. The largest absolute Gasteiger partial charge is 0.353 e. The van der Waals surface area contributed by atoms with Gasteiger partial charge in [0.1, 0.15) is 0 Å². The van der Waals surface area contributed by atoms with Gasteiger partial charge in [-0.1, -0.05) is 42.5 Å². The highest BCUT2D eigenvalue weighted by atomic mass is 16.2. The fourth-order valence-electron chi connectivity index (χ4n) is 2.99. The average Bonchev–Trinajstić information content (AvgIpc) is 2.67. The Balaban J connectivity index is 1.98. The number of anilines is 1. The predicted molar refractivity (Wildman–Crippen MR) is 118 cm³/mol. The lowest BCUT2D eigenvalue weighted by Gasteiger charge is -2.18. The summed E-state index contributed by atoms with van der Waals surface area (Å²) in [5.74, 6) is -0.715. The van der Waals surface area contributed by atoms with Gasteiger partial charge < -0.3 is 16.0 Å². The van der Waals surface area contributed by atoms with E-state index < -0.39 is 0 Å². The van der Waals surface area contributed by atoms with Crippen molar-refractivity contribution in [2.24, 2.45) is 0 Å². The minimum absolute atomic E-state index is 0.0296. The second-order valence-corrected chi connectivity index (χ2v) is 7.59. The lowest BCUT2D eigenvalue weighted by atomic mass is 10.1. The maximum absolute atomic E-state index is 12.8. The van der Waals surface area contributed by atoms with Crippen LogP contribution in [0.5, 0.6) is 0 Å². The van der Waals surface area contributed by atoms with E-state index >= 15 is 0 Å². The Labute approximate surface area is 177 Å². The third-order valence-electron chi connectivity index (χ3n) is 4.37. The minimum atomic E-state index is -0.300. The maximum atomic E-state index is 12.8. The van der Waals surface area contributed by atoms with Gasteiger partial charge in [-0.3, -0.25) is 19.3 Å². The van der Waals surface area contributed by atoms with Crippen molar-refractivity contribution in [3.05, 3.63) is 65.7 Å². The first-order chi connectivity index (χ1) is 14.3. The molecule has 0 heterocycles. The molecule has 2 aromatic carbocycles. The van der Waals surface area contributed by atoms with Crippen LogP contribution in [-0.4, -0.2) is 48.8 Å². The van der Waals surface area contributed by atoms with E-state index in [2.05, 4.69) is 16.0 Å². The van der Waals surface area contributed by atoms with Crippen LogP contribution in [-0.2, 0) is 9.59 Å². The van der Waals surface area contributed by atoms with Crippen LogP contribution in [0.4, 0.5) is 5.69 Å². The standard InChI is InChI=1S/C23H30N4O3/c1-16(2)24-21(28)14-27(4)15-22(29)26-20-13-9-8-12-19(20)23(30)25-17(3)18-10-6-5-7-11-18/h5-13,16-17H,14-15H2,1-4H3,(H,24,28)(H,25,30)(H,26,29)/t17-/m0/s1. The van der Waals surface area contributed by atoms with Gasteiger partial charge in [0.2, 0.25) is 11.8 Å². The van der Waals surface area contributed by atoms with Crippen LogP contribution in [0.15, 0.2) is 54.6 Å². The molecular weight excluding hydrogens is 380 g/mol. The molecule has 3 amide bonds. The van der Waals surface area contributed by atoms with Crippen molar-refractivity contribution < 1.29 is 14.4 Å². The molecule has 0 aliphatic carbocycles. The molecule has 0 spiro atoms. The van der Waals surface area contributed by atoms with Gasteiger partial charge in [-0.25, -0.2) is 0 Å². The molecule has 7 nitrogen and oxygen atoms in total. The molecular formula is C23H30N4O3. The summed E-state index contributed by atoms with van der Waals surface area (Å²) in [6, 6.07) is 16.4. The van der Waals surface area contributed by atoms with E-state index in [0.29, 0.717) is 11.3 Å². The number of hydrogen-bond acceptors (Lipinski definition) is 4. The van der Waals surface area contributed by atoms with Crippen molar-refractivity contribution in [1.82, 2.24) is 15.5 Å². The molecule has 2 rings (SSSR count). The first-order valence-electron chi connectivity index (χ1n) is 9.99. The maximum Gasteiger partial charge on any atom is 0.253 e. The monoisotopic (exact) mass is 410 g/mol.